The third-order valence-electron chi connectivity index (χ3n) is 3.95. The van der Waals surface area contributed by atoms with Gasteiger partial charge in [0.1, 0.15) is 0 Å². The molecule has 5 nitrogen and oxygen atoms in total. The molecule has 1 N–H and O–H groups in total. The Bertz CT molecular complexity index is 867. The van der Waals surface area contributed by atoms with Crippen LogP contribution in [-0.2, 0) is 12.8 Å². The zero-order valence-corrected chi connectivity index (χ0v) is 11.3. The monoisotopic (exact) mass is 279 g/mol. The Morgan fingerprint density at radius 3 is 2.90 bits per heavy atom. The van der Waals surface area contributed by atoms with Gasteiger partial charge in [-0.2, -0.15) is 5.10 Å². The topological polar surface area (TPSA) is 67.5 Å². The Kier molecular flexibility index (Phi) is 2.54. The Morgan fingerprint density at radius 1 is 1.19 bits per heavy atom. The predicted molar refractivity (Wildman–Crippen MR) is 77.4 cm³/mol. The van der Waals surface area contributed by atoms with Gasteiger partial charge in [-0.1, -0.05) is 12.1 Å². The minimum atomic E-state index is -1.00. The van der Waals surface area contributed by atoms with E-state index in [4.69, 9.17) is 5.11 Å². The summed E-state index contributed by atoms with van der Waals surface area (Å²) in [4.78, 5) is 15.1. The minimum absolute atomic E-state index is 0.131. The van der Waals surface area contributed by atoms with Gasteiger partial charge in [-0.3, -0.25) is 0 Å². The Morgan fingerprint density at radius 2 is 2.05 bits per heavy atom. The zero-order valence-electron chi connectivity index (χ0n) is 11.3. The first-order valence-corrected chi connectivity index (χ1v) is 6.91. The van der Waals surface area contributed by atoms with E-state index in [2.05, 4.69) is 28.3 Å². The second-order valence-electron chi connectivity index (χ2n) is 5.32. The number of fused-ring (bicyclic) bond motifs is 2. The summed E-state index contributed by atoms with van der Waals surface area (Å²) in [5.41, 5.74) is 5.47. The van der Waals surface area contributed by atoms with Crippen LogP contribution < -0.4 is 0 Å². The van der Waals surface area contributed by atoms with E-state index in [1.54, 1.807) is 0 Å². The molecule has 104 valence electrons. The highest BCUT2D eigenvalue weighted by atomic mass is 16.4. The van der Waals surface area contributed by atoms with Gasteiger partial charge in [0.25, 0.3) is 0 Å². The van der Waals surface area contributed by atoms with Gasteiger partial charge in [0.05, 0.1) is 11.3 Å². The second kappa shape index (κ2) is 4.41. The van der Waals surface area contributed by atoms with E-state index in [1.165, 1.54) is 34.5 Å². The third kappa shape index (κ3) is 1.98. The number of nitrogens with zero attached hydrogens (tertiary/aromatic N) is 3. The molecule has 1 aromatic carbocycles. The van der Waals surface area contributed by atoms with Crippen molar-refractivity contribution in [1.82, 2.24) is 14.6 Å². The average molecular weight is 279 g/mol. The maximum Gasteiger partial charge on any atom is 0.338 e. The van der Waals surface area contributed by atoms with Gasteiger partial charge in [0.15, 0.2) is 5.65 Å². The predicted octanol–water partition coefficient (Wildman–Crippen LogP) is 2.58. The van der Waals surface area contributed by atoms with Crippen LogP contribution in [0.1, 0.15) is 27.9 Å². The van der Waals surface area contributed by atoms with Gasteiger partial charge >= 0.3 is 5.97 Å². The van der Waals surface area contributed by atoms with E-state index in [9.17, 15) is 4.79 Å². The first-order chi connectivity index (χ1) is 10.2. The van der Waals surface area contributed by atoms with E-state index in [1.807, 2.05) is 6.07 Å². The number of rotatable bonds is 2. The Balaban J connectivity index is 1.81. The van der Waals surface area contributed by atoms with Gasteiger partial charge in [-0.15, -0.1) is 0 Å². The molecule has 0 spiro atoms. The standard InChI is InChI=1S/C16H13N3O2/c20-16(21)13-8-17-15-7-14(18-19(15)9-13)12-5-4-10-2-1-3-11(10)6-12/h4-9H,1-3H2,(H,20,21). The van der Waals surface area contributed by atoms with Gasteiger partial charge in [-0.25, -0.2) is 14.3 Å². The maximum absolute atomic E-state index is 11.0. The molecule has 0 bridgehead atoms. The number of carbonyl (C=O) groups is 1. The fourth-order valence-electron chi connectivity index (χ4n) is 2.86. The normalized spacial score (nSPS) is 13.5. The molecule has 1 aliphatic carbocycles. The largest absolute Gasteiger partial charge is 0.478 e. The van der Waals surface area contributed by atoms with Gasteiger partial charge in [0, 0.05) is 24.0 Å². The molecule has 2 heterocycles. The van der Waals surface area contributed by atoms with Gasteiger partial charge in [-0.05, 0) is 36.5 Å². The van der Waals surface area contributed by atoms with Crippen LogP contribution in [0, 0.1) is 0 Å². The van der Waals surface area contributed by atoms with Crippen molar-refractivity contribution in [3.63, 3.8) is 0 Å². The Hall–Kier alpha value is -2.69. The molecule has 0 radical (unpaired) electrons. The van der Waals surface area contributed by atoms with Crippen molar-refractivity contribution >= 4 is 11.6 Å². The fourth-order valence-corrected chi connectivity index (χ4v) is 2.86. The number of aromatic nitrogens is 3. The van der Waals surface area contributed by atoms with Crippen LogP contribution >= 0.6 is 0 Å². The highest BCUT2D eigenvalue weighted by molar-refractivity contribution is 5.87. The van der Waals surface area contributed by atoms with E-state index in [0.29, 0.717) is 5.65 Å². The molecular formula is C16H13N3O2. The summed E-state index contributed by atoms with van der Waals surface area (Å²) in [5, 5.41) is 13.4. The van der Waals surface area contributed by atoms with Crippen LogP contribution in [0.15, 0.2) is 36.7 Å². The molecule has 0 aliphatic heterocycles. The molecule has 0 saturated carbocycles. The molecule has 0 fully saturated rings. The molecule has 21 heavy (non-hydrogen) atoms. The number of aryl methyl sites for hydroxylation is 2. The molecule has 5 heteroatoms. The third-order valence-corrected chi connectivity index (χ3v) is 3.95. The smallest absolute Gasteiger partial charge is 0.338 e. The lowest BCUT2D eigenvalue weighted by atomic mass is 10.0. The lowest BCUT2D eigenvalue weighted by molar-refractivity contribution is 0.0695. The summed E-state index contributed by atoms with van der Waals surface area (Å²) in [6.45, 7) is 0. The maximum atomic E-state index is 11.0. The minimum Gasteiger partial charge on any atom is -0.478 e. The molecule has 1 aliphatic rings. The first kappa shape index (κ1) is 12.1. The number of hydrogen-bond acceptors (Lipinski definition) is 3. The van der Waals surface area contributed by atoms with Crippen molar-refractivity contribution in [2.45, 2.75) is 19.3 Å². The molecule has 0 atom stereocenters. The summed E-state index contributed by atoms with van der Waals surface area (Å²) in [6.07, 6.45) is 6.34. The van der Waals surface area contributed by atoms with Crippen molar-refractivity contribution in [3.8, 4) is 11.3 Å². The first-order valence-electron chi connectivity index (χ1n) is 6.91. The second-order valence-corrected chi connectivity index (χ2v) is 5.32. The lowest BCUT2D eigenvalue weighted by Gasteiger charge is -2.01. The van der Waals surface area contributed by atoms with Crippen LogP contribution in [0.5, 0.6) is 0 Å². The highest BCUT2D eigenvalue weighted by Gasteiger charge is 2.13. The number of benzene rings is 1. The SMILES string of the molecule is O=C(O)c1cnc2cc(-c3ccc4c(c3)CCC4)nn2c1. The van der Waals surface area contributed by atoms with Gasteiger partial charge < -0.3 is 5.11 Å². The fraction of sp³-hybridized carbons (Fsp3) is 0.188. The molecule has 0 saturated heterocycles. The van der Waals surface area contributed by atoms with Crippen molar-refractivity contribution in [2.75, 3.05) is 0 Å². The highest BCUT2D eigenvalue weighted by Crippen LogP contribution is 2.27. The molecule has 4 rings (SSSR count). The number of carboxylic acids is 1. The van der Waals surface area contributed by atoms with Crippen LogP contribution in [0.2, 0.25) is 0 Å². The van der Waals surface area contributed by atoms with Crippen molar-refractivity contribution in [2.24, 2.45) is 0 Å². The Labute approximate surface area is 120 Å². The van der Waals surface area contributed by atoms with E-state index in [-0.39, 0.29) is 5.56 Å². The van der Waals surface area contributed by atoms with Crippen LogP contribution in [0.4, 0.5) is 0 Å². The molecule has 0 amide bonds. The summed E-state index contributed by atoms with van der Waals surface area (Å²) in [5.74, 6) is -1.00. The summed E-state index contributed by atoms with van der Waals surface area (Å²) in [7, 11) is 0. The van der Waals surface area contributed by atoms with Crippen LogP contribution in [-0.4, -0.2) is 25.7 Å². The van der Waals surface area contributed by atoms with Crippen LogP contribution in [0.25, 0.3) is 16.9 Å². The van der Waals surface area contributed by atoms with Crippen LogP contribution in [0.3, 0.4) is 0 Å². The van der Waals surface area contributed by atoms with Crippen molar-refractivity contribution in [3.05, 3.63) is 53.3 Å². The molecule has 3 aromatic rings. The quantitative estimate of drug-likeness (QED) is 0.783. The molecule has 2 aromatic heterocycles. The molecule has 0 unspecified atom stereocenters. The number of carboxylic acid groups (broad SMARTS) is 1. The van der Waals surface area contributed by atoms with E-state index < -0.39 is 5.97 Å². The lowest BCUT2D eigenvalue weighted by Crippen LogP contribution is -2.01. The van der Waals surface area contributed by atoms with E-state index in [0.717, 1.165) is 24.1 Å². The summed E-state index contributed by atoms with van der Waals surface area (Å²) in [6, 6.07) is 8.30. The summed E-state index contributed by atoms with van der Waals surface area (Å²) < 4.78 is 1.52. The van der Waals surface area contributed by atoms with Gasteiger partial charge in [0.2, 0.25) is 0 Å². The summed E-state index contributed by atoms with van der Waals surface area (Å²) >= 11 is 0. The number of hydrogen-bond donors (Lipinski definition) is 1. The molecular weight excluding hydrogens is 266 g/mol. The van der Waals surface area contributed by atoms with Crippen molar-refractivity contribution in [1.29, 1.82) is 0 Å². The van der Waals surface area contributed by atoms with Crippen molar-refractivity contribution < 1.29 is 9.90 Å². The zero-order chi connectivity index (χ0) is 14.4. The average Bonchev–Trinajstić information content (AvgIpc) is 3.11. The van der Waals surface area contributed by atoms with E-state index >= 15 is 0 Å². The number of aromatic carboxylic acids is 1.